The summed E-state index contributed by atoms with van der Waals surface area (Å²) >= 11 is 1.26. The Balaban J connectivity index is 1.75. The van der Waals surface area contributed by atoms with Gasteiger partial charge in [-0.2, -0.15) is 0 Å². The van der Waals surface area contributed by atoms with Crippen molar-refractivity contribution in [2.45, 2.75) is 38.2 Å². The summed E-state index contributed by atoms with van der Waals surface area (Å²) in [5.41, 5.74) is 4.97. The molecule has 0 unspecified atom stereocenters. The van der Waals surface area contributed by atoms with Crippen LogP contribution in [-0.4, -0.2) is 27.5 Å². The molecule has 5 nitrogen and oxygen atoms in total. The molecule has 2 rings (SSSR count). The Morgan fingerprint density at radius 1 is 1.50 bits per heavy atom. The van der Waals surface area contributed by atoms with Crippen molar-refractivity contribution in [1.82, 2.24) is 10.2 Å². The van der Waals surface area contributed by atoms with Crippen molar-refractivity contribution in [1.29, 1.82) is 0 Å². The molecule has 0 aliphatic heterocycles. The van der Waals surface area contributed by atoms with E-state index in [1.165, 1.54) is 11.3 Å². The molecule has 0 saturated heterocycles. The van der Waals surface area contributed by atoms with E-state index in [2.05, 4.69) is 10.2 Å². The maximum Gasteiger partial charge on any atom is 0.295 e. The summed E-state index contributed by atoms with van der Waals surface area (Å²) in [6.07, 6.45) is 3.70. The van der Waals surface area contributed by atoms with Gasteiger partial charge >= 0.3 is 0 Å². The third-order valence-corrected chi connectivity index (χ3v) is 3.71. The third kappa shape index (κ3) is 3.05. The van der Waals surface area contributed by atoms with E-state index in [1.54, 1.807) is 0 Å². The van der Waals surface area contributed by atoms with E-state index >= 15 is 0 Å². The Morgan fingerprint density at radius 3 is 2.75 bits per heavy atom. The second-order valence-electron chi connectivity index (χ2n) is 4.66. The molecule has 0 aromatic carbocycles. The molecule has 1 aromatic rings. The molecule has 0 spiro atoms. The summed E-state index contributed by atoms with van der Waals surface area (Å²) in [5, 5.41) is 18.3. The lowest BCUT2D eigenvalue weighted by atomic mass is 9.80. The van der Waals surface area contributed by atoms with Gasteiger partial charge < -0.3 is 15.6 Å². The van der Waals surface area contributed by atoms with Crippen LogP contribution in [0.4, 0.5) is 5.13 Å². The highest BCUT2D eigenvalue weighted by atomic mass is 32.1. The molecule has 16 heavy (non-hydrogen) atoms. The maximum absolute atomic E-state index is 9.80. The molecule has 3 N–H and O–H groups in total. The Bertz CT molecular complexity index is 344. The predicted molar refractivity (Wildman–Crippen MR) is 62.4 cm³/mol. The van der Waals surface area contributed by atoms with Gasteiger partial charge in [0.2, 0.25) is 5.13 Å². The monoisotopic (exact) mass is 243 g/mol. The standard InChI is InChI=1S/C10H17N3O2S/c1-10(14)4-2-7(3-5-10)6-15-9-13-12-8(11)16-9/h7,14H,2-6H2,1H3,(H2,11,12)/t7-,10-. The summed E-state index contributed by atoms with van der Waals surface area (Å²) in [4.78, 5) is 0. The van der Waals surface area contributed by atoms with E-state index < -0.39 is 5.60 Å². The van der Waals surface area contributed by atoms with Crippen molar-refractivity contribution in [3.05, 3.63) is 0 Å². The molecule has 1 saturated carbocycles. The number of hydrogen-bond donors (Lipinski definition) is 2. The topological polar surface area (TPSA) is 81.3 Å². The lowest BCUT2D eigenvalue weighted by Gasteiger charge is -2.32. The first-order chi connectivity index (χ1) is 7.55. The summed E-state index contributed by atoms with van der Waals surface area (Å²) in [6.45, 7) is 2.54. The SMILES string of the molecule is C[C@]1(O)CC[C@H](COc2nnc(N)s2)CC1. The minimum absolute atomic E-state index is 0.432. The zero-order valence-corrected chi connectivity index (χ0v) is 10.2. The fourth-order valence-electron chi connectivity index (χ4n) is 1.93. The van der Waals surface area contributed by atoms with E-state index in [-0.39, 0.29) is 0 Å². The Morgan fingerprint density at radius 2 is 2.19 bits per heavy atom. The quantitative estimate of drug-likeness (QED) is 0.839. The van der Waals surface area contributed by atoms with Crippen molar-refractivity contribution in [3.8, 4) is 5.19 Å². The first kappa shape index (κ1) is 11.6. The summed E-state index contributed by atoms with van der Waals surface area (Å²) in [7, 11) is 0. The number of nitrogens with zero attached hydrogens (tertiary/aromatic N) is 2. The van der Waals surface area contributed by atoms with Crippen LogP contribution in [0.1, 0.15) is 32.6 Å². The lowest BCUT2D eigenvalue weighted by molar-refractivity contribution is 0.00148. The van der Waals surface area contributed by atoms with E-state index in [9.17, 15) is 5.11 Å². The van der Waals surface area contributed by atoms with Crippen LogP contribution in [0.5, 0.6) is 5.19 Å². The summed E-state index contributed by atoms with van der Waals surface area (Å²) < 4.78 is 5.52. The fraction of sp³-hybridized carbons (Fsp3) is 0.800. The Hall–Kier alpha value is -0.880. The van der Waals surface area contributed by atoms with Gasteiger partial charge in [0, 0.05) is 0 Å². The molecule has 0 amide bonds. The van der Waals surface area contributed by atoms with Gasteiger partial charge in [0.15, 0.2) is 0 Å². The van der Waals surface area contributed by atoms with Gasteiger partial charge in [-0.15, -0.1) is 5.10 Å². The van der Waals surface area contributed by atoms with Crippen LogP contribution >= 0.6 is 11.3 Å². The highest BCUT2D eigenvalue weighted by Gasteiger charge is 2.28. The van der Waals surface area contributed by atoms with Crippen LogP contribution in [0.2, 0.25) is 0 Å². The number of aromatic nitrogens is 2. The number of nitrogens with two attached hydrogens (primary N) is 1. The average molecular weight is 243 g/mol. The first-order valence-electron chi connectivity index (χ1n) is 5.49. The first-order valence-corrected chi connectivity index (χ1v) is 6.31. The molecule has 90 valence electrons. The van der Waals surface area contributed by atoms with Crippen LogP contribution in [0, 0.1) is 5.92 Å². The maximum atomic E-state index is 9.80. The molecule has 0 bridgehead atoms. The van der Waals surface area contributed by atoms with Crippen molar-refractivity contribution in [3.63, 3.8) is 0 Å². The highest BCUT2D eigenvalue weighted by molar-refractivity contribution is 7.16. The number of nitrogen functional groups attached to an aromatic ring is 1. The van der Waals surface area contributed by atoms with Crippen LogP contribution in [0.3, 0.4) is 0 Å². The normalized spacial score (nSPS) is 30.2. The van der Waals surface area contributed by atoms with E-state index in [0.29, 0.717) is 22.9 Å². The predicted octanol–water partition coefficient (Wildman–Crippen LogP) is 1.44. The minimum atomic E-state index is -0.482. The highest BCUT2D eigenvalue weighted by Crippen LogP contribution is 2.32. The van der Waals surface area contributed by atoms with Crippen molar-refractivity contribution in [2.75, 3.05) is 12.3 Å². The smallest absolute Gasteiger partial charge is 0.295 e. The fourth-order valence-corrected chi connectivity index (χ4v) is 2.40. The van der Waals surface area contributed by atoms with E-state index in [4.69, 9.17) is 10.5 Å². The summed E-state index contributed by atoms with van der Waals surface area (Å²) in [6, 6.07) is 0. The molecule has 1 heterocycles. The second-order valence-corrected chi connectivity index (χ2v) is 5.63. The third-order valence-electron chi connectivity index (χ3n) is 3.05. The van der Waals surface area contributed by atoms with Crippen LogP contribution in [0.15, 0.2) is 0 Å². The number of hydrogen-bond acceptors (Lipinski definition) is 6. The van der Waals surface area contributed by atoms with Gasteiger partial charge in [-0.25, -0.2) is 0 Å². The van der Waals surface area contributed by atoms with Crippen molar-refractivity contribution < 1.29 is 9.84 Å². The van der Waals surface area contributed by atoms with E-state index in [1.807, 2.05) is 6.92 Å². The van der Waals surface area contributed by atoms with Crippen LogP contribution < -0.4 is 10.5 Å². The molecule has 1 aliphatic rings. The number of ether oxygens (including phenoxy) is 1. The number of rotatable bonds is 3. The lowest BCUT2D eigenvalue weighted by Crippen LogP contribution is -2.32. The largest absolute Gasteiger partial charge is 0.469 e. The van der Waals surface area contributed by atoms with Gasteiger partial charge in [0.1, 0.15) is 0 Å². The van der Waals surface area contributed by atoms with Gasteiger partial charge in [0.05, 0.1) is 12.2 Å². The number of aliphatic hydroxyl groups is 1. The van der Waals surface area contributed by atoms with Gasteiger partial charge in [-0.3, -0.25) is 0 Å². The Labute approximate surface area is 98.6 Å². The molecule has 1 fully saturated rings. The van der Waals surface area contributed by atoms with Crippen molar-refractivity contribution >= 4 is 16.5 Å². The molecule has 0 atom stereocenters. The minimum Gasteiger partial charge on any atom is -0.469 e. The Kier molecular flexibility index (Phi) is 3.30. The van der Waals surface area contributed by atoms with Crippen molar-refractivity contribution in [2.24, 2.45) is 5.92 Å². The van der Waals surface area contributed by atoms with Crippen LogP contribution in [0.25, 0.3) is 0 Å². The molecule has 6 heteroatoms. The van der Waals surface area contributed by atoms with Gasteiger partial charge in [-0.1, -0.05) is 5.10 Å². The molecular weight excluding hydrogens is 226 g/mol. The molecular formula is C10H17N3O2S. The summed E-state index contributed by atoms with van der Waals surface area (Å²) in [5.74, 6) is 0.505. The molecule has 1 aliphatic carbocycles. The number of anilines is 1. The van der Waals surface area contributed by atoms with Gasteiger partial charge in [-0.05, 0) is 49.9 Å². The second kappa shape index (κ2) is 4.55. The van der Waals surface area contributed by atoms with Gasteiger partial charge in [0.25, 0.3) is 5.19 Å². The average Bonchev–Trinajstić information content (AvgIpc) is 2.63. The van der Waals surface area contributed by atoms with Crippen LogP contribution in [-0.2, 0) is 0 Å². The van der Waals surface area contributed by atoms with E-state index in [0.717, 1.165) is 25.7 Å². The zero-order chi connectivity index (χ0) is 11.6. The zero-order valence-electron chi connectivity index (χ0n) is 9.35. The molecule has 1 aromatic heterocycles. The molecule has 0 radical (unpaired) electrons.